The molecule has 1 amide bonds. The first-order chi connectivity index (χ1) is 9.93. The molecule has 0 aliphatic heterocycles. The van der Waals surface area contributed by atoms with Gasteiger partial charge in [-0.15, -0.1) is 0 Å². The standard InChI is InChI=1S/C15H17BrF3NO/c16-9-10-20(13-3-1-2-4-13)14(21)11-5-7-12(8-6-11)15(17,18)19/h5-8,13H,1-4,9-10H2. The summed E-state index contributed by atoms with van der Waals surface area (Å²) in [6.45, 7) is 0.574. The Balaban J connectivity index is 2.16. The fourth-order valence-corrected chi connectivity index (χ4v) is 3.11. The van der Waals surface area contributed by atoms with Gasteiger partial charge in [-0.25, -0.2) is 0 Å². The molecule has 0 heterocycles. The predicted octanol–water partition coefficient (Wildman–Crippen LogP) is 4.49. The highest BCUT2D eigenvalue weighted by Crippen LogP contribution is 2.30. The number of hydrogen-bond donors (Lipinski definition) is 0. The van der Waals surface area contributed by atoms with Crippen molar-refractivity contribution in [3.63, 3.8) is 0 Å². The van der Waals surface area contributed by atoms with Crippen molar-refractivity contribution in [3.8, 4) is 0 Å². The van der Waals surface area contributed by atoms with E-state index in [0.717, 1.165) is 37.8 Å². The normalized spacial score (nSPS) is 16.2. The number of benzene rings is 1. The van der Waals surface area contributed by atoms with E-state index in [1.54, 1.807) is 4.90 Å². The molecule has 0 saturated heterocycles. The maximum Gasteiger partial charge on any atom is 0.416 e. The molecule has 2 nitrogen and oxygen atoms in total. The first kappa shape index (κ1) is 16.3. The minimum atomic E-state index is -4.37. The molecule has 0 radical (unpaired) electrons. The van der Waals surface area contributed by atoms with Crippen molar-refractivity contribution in [2.45, 2.75) is 37.9 Å². The number of rotatable bonds is 4. The molecule has 1 aromatic carbocycles. The lowest BCUT2D eigenvalue weighted by atomic mass is 10.1. The van der Waals surface area contributed by atoms with Crippen LogP contribution in [0, 0.1) is 0 Å². The van der Waals surface area contributed by atoms with Gasteiger partial charge >= 0.3 is 6.18 Å². The van der Waals surface area contributed by atoms with Crippen LogP contribution in [-0.4, -0.2) is 28.7 Å². The number of alkyl halides is 4. The summed E-state index contributed by atoms with van der Waals surface area (Å²) in [5, 5.41) is 0.663. The zero-order chi connectivity index (χ0) is 15.5. The summed E-state index contributed by atoms with van der Waals surface area (Å²) < 4.78 is 37.6. The van der Waals surface area contributed by atoms with Crippen molar-refractivity contribution < 1.29 is 18.0 Å². The first-order valence-electron chi connectivity index (χ1n) is 6.97. The minimum Gasteiger partial charge on any atom is -0.335 e. The van der Waals surface area contributed by atoms with Crippen LogP contribution >= 0.6 is 15.9 Å². The van der Waals surface area contributed by atoms with E-state index in [4.69, 9.17) is 0 Å². The monoisotopic (exact) mass is 363 g/mol. The third-order valence-corrected chi connectivity index (χ3v) is 4.17. The van der Waals surface area contributed by atoms with Crippen LogP contribution in [0.1, 0.15) is 41.6 Å². The molecule has 0 unspecified atom stereocenters. The van der Waals surface area contributed by atoms with Crippen LogP contribution in [0.5, 0.6) is 0 Å². The van der Waals surface area contributed by atoms with Gasteiger partial charge in [0.2, 0.25) is 0 Å². The third-order valence-electron chi connectivity index (χ3n) is 3.81. The number of halogens is 4. The lowest BCUT2D eigenvalue weighted by molar-refractivity contribution is -0.137. The molecule has 21 heavy (non-hydrogen) atoms. The van der Waals surface area contributed by atoms with Gasteiger partial charge in [0.1, 0.15) is 0 Å². The summed E-state index contributed by atoms with van der Waals surface area (Å²) in [6.07, 6.45) is -0.227. The first-order valence-corrected chi connectivity index (χ1v) is 8.10. The van der Waals surface area contributed by atoms with Crippen molar-refractivity contribution in [1.82, 2.24) is 4.90 Å². The summed E-state index contributed by atoms with van der Waals surface area (Å²) in [5.41, 5.74) is -0.414. The van der Waals surface area contributed by atoms with Crippen LogP contribution in [0.15, 0.2) is 24.3 Å². The summed E-state index contributed by atoms with van der Waals surface area (Å²) in [5.74, 6) is -0.185. The van der Waals surface area contributed by atoms with Gasteiger partial charge < -0.3 is 4.90 Å². The van der Waals surface area contributed by atoms with E-state index in [1.165, 1.54) is 12.1 Å². The Morgan fingerprint density at radius 3 is 2.24 bits per heavy atom. The summed E-state index contributed by atoms with van der Waals surface area (Å²) in [7, 11) is 0. The van der Waals surface area contributed by atoms with Crippen LogP contribution in [0.4, 0.5) is 13.2 Å². The number of hydrogen-bond acceptors (Lipinski definition) is 1. The molecule has 0 N–H and O–H groups in total. The Bertz CT molecular complexity index is 481. The topological polar surface area (TPSA) is 20.3 Å². The van der Waals surface area contributed by atoms with Crippen LogP contribution in [-0.2, 0) is 6.18 Å². The molecule has 0 atom stereocenters. The van der Waals surface area contributed by atoms with E-state index >= 15 is 0 Å². The highest BCUT2D eigenvalue weighted by molar-refractivity contribution is 9.09. The second-order valence-corrected chi connectivity index (χ2v) is 5.99. The largest absolute Gasteiger partial charge is 0.416 e. The Hall–Kier alpha value is -1.04. The second-order valence-electron chi connectivity index (χ2n) is 5.20. The molecule has 1 saturated carbocycles. The van der Waals surface area contributed by atoms with Crippen molar-refractivity contribution >= 4 is 21.8 Å². The molecule has 0 spiro atoms. The average Bonchev–Trinajstić information content (AvgIpc) is 2.97. The molecular formula is C15H17BrF3NO. The van der Waals surface area contributed by atoms with E-state index in [9.17, 15) is 18.0 Å². The Kier molecular flexibility index (Phi) is 5.30. The molecule has 0 bridgehead atoms. The lowest BCUT2D eigenvalue weighted by Crippen LogP contribution is -2.40. The molecule has 6 heteroatoms. The predicted molar refractivity (Wildman–Crippen MR) is 78.5 cm³/mol. The fraction of sp³-hybridized carbons (Fsp3) is 0.533. The lowest BCUT2D eigenvalue weighted by Gasteiger charge is -2.28. The van der Waals surface area contributed by atoms with Crippen LogP contribution in [0.25, 0.3) is 0 Å². The fourth-order valence-electron chi connectivity index (χ4n) is 2.72. The molecular weight excluding hydrogens is 347 g/mol. The Morgan fingerprint density at radius 1 is 1.19 bits per heavy atom. The van der Waals surface area contributed by atoms with E-state index in [-0.39, 0.29) is 11.9 Å². The highest BCUT2D eigenvalue weighted by atomic mass is 79.9. The molecule has 1 aliphatic rings. The smallest absolute Gasteiger partial charge is 0.335 e. The molecule has 1 aromatic rings. The van der Waals surface area contributed by atoms with Gasteiger partial charge in [-0.1, -0.05) is 28.8 Å². The average molecular weight is 364 g/mol. The SMILES string of the molecule is O=C(c1ccc(C(F)(F)F)cc1)N(CCBr)C1CCCC1. The van der Waals surface area contributed by atoms with Crippen molar-refractivity contribution in [3.05, 3.63) is 35.4 Å². The second kappa shape index (κ2) is 6.81. The van der Waals surface area contributed by atoms with E-state index in [2.05, 4.69) is 15.9 Å². The van der Waals surface area contributed by atoms with Crippen LogP contribution in [0.2, 0.25) is 0 Å². The summed E-state index contributed by atoms with van der Waals surface area (Å²) in [6, 6.07) is 4.67. The van der Waals surface area contributed by atoms with Crippen molar-refractivity contribution in [1.29, 1.82) is 0 Å². The van der Waals surface area contributed by atoms with Crippen molar-refractivity contribution in [2.24, 2.45) is 0 Å². The Morgan fingerprint density at radius 2 is 1.76 bits per heavy atom. The minimum absolute atomic E-state index is 0.185. The molecule has 116 valence electrons. The summed E-state index contributed by atoms with van der Waals surface area (Å²) >= 11 is 3.33. The molecule has 0 aromatic heterocycles. The zero-order valence-electron chi connectivity index (χ0n) is 11.5. The van der Waals surface area contributed by atoms with Crippen LogP contribution in [0.3, 0.4) is 0 Å². The van der Waals surface area contributed by atoms with Gasteiger partial charge in [0.05, 0.1) is 5.56 Å². The van der Waals surface area contributed by atoms with Crippen LogP contribution < -0.4 is 0 Å². The van der Waals surface area contributed by atoms with E-state index < -0.39 is 11.7 Å². The number of amides is 1. The van der Waals surface area contributed by atoms with Gasteiger partial charge in [0.25, 0.3) is 5.91 Å². The quantitative estimate of drug-likeness (QED) is 0.722. The van der Waals surface area contributed by atoms with Gasteiger partial charge in [-0.3, -0.25) is 4.79 Å². The van der Waals surface area contributed by atoms with Gasteiger partial charge in [0.15, 0.2) is 0 Å². The number of carbonyl (C=O) groups is 1. The number of nitrogens with zero attached hydrogens (tertiary/aromatic N) is 1. The van der Waals surface area contributed by atoms with Crippen molar-refractivity contribution in [2.75, 3.05) is 11.9 Å². The molecule has 2 rings (SSSR count). The molecule has 1 fully saturated rings. The Labute approximate surface area is 130 Å². The van der Waals surface area contributed by atoms with Gasteiger partial charge in [-0.2, -0.15) is 13.2 Å². The van der Waals surface area contributed by atoms with E-state index in [1.807, 2.05) is 0 Å². The third kappa shape index (κ3) is 3.99. The van der Waals surface area contributed by atoms with Gasteiger partial charge in [-0.05, 0) is 37.1 Å². The maximum absolute atomic E-state index is 12.5. The van der Waals surface area contributed by atoms with E-state index in [0.29, 0.717) is 17.4 Å². The van der Waals surface area contributed by atoms with Gasteiger partial charge in [0, 0.05) is 23.5 Å². The maximum atomic E-state index is 12.5. The molecule has 1 aliphatic carbocycles. The highest BCUT2D eigenvalue weighted by Gasteiger charge is 2.31. The summed E-state index contributed by atoms with van der Waals surface area (Å²) in [4.78, 5) is 14.3. The number of carbonyl (C=O) groups excluding carboxylic acids is 1. The zero-order valence-corrected chi connectivity index (χ0v) is 13.1.